The lowest BCUT2D eigenvalue weighted by Gasteiger charge is -2.33. The van der Waals surface area contributed by atoms with Crippen LogP contribution in [0.2, 0.25) is 4.34 Å². The largest absolute Gasteiger partial charge is 0.306 e. The highest BCUT2D eigenvalue weighted by Crippen LogP contribution is 2.30. The van der Waals surface area contributed by atoms with Crippen molar-refractivity contribution < 1.29 is 0 Å². The van der Waals surface area contributed by atoms with Crippen molar-refractivity contribution in [2.45, 2.75) is 49.9 Å². The Hall–Kier alpha value is 0.300. The Morgan fingerprint density at radius 2 is 2.24 bits per heavy atom. The summed E-state index contributed by atoms with van der Waals surface area (Å²) in [7, 11) is 0. The highest BCUT2D eigenvalue weighted by Gasteiger charge is 2.25. The van der Waals surface area contributed by atoms with Gasteiger partial charge in [-0.05, 0) is 43.0 Å². The van der Waals surface area contributed by atoms with Gasteiger partial charge in [0.15, 0.2) is 0 Å². The van der Waals surface area contributed by atoms with E-state index in [0.29, 0.717) is 12.1 Å². The molecule has 0 bridgehead atoms. The molecule has 1 aliphatic carbocycles. The van der Waals surface area contributed by atoms with Gasteiger partial charge in [0, 0.05) is 17.3 Å². The monoisotopic (exact) mass is 289 g/mol. The molecule has 4 heteroatoms. The summed E-state index contributed by atoms with van der Waals surface area (Å²) in [5.41, 5.74) is 1.32. The second-order valence-electron chi connectivity index (χ2n) is 4.74. The zero-order valence-electron chi connectivity index (χ0n) is 10.4. The van der Waals surface area contributed by atoms with E-state index in [1.54, 1.807) is 11.3 Å². The average Bonchev–Trinajstić information content (AvgIpc) is 2.77. The van der Waals surface area contributed by atoms with Crippen LogP contribution in [0.3, 0.4) is 0 Å². The third-order valence-corrected chi connectivity index (χ3v) is 5.84. The third kappa shape index (κ3) is 3.63. The molecule has 96 valence electrons. The van der Waals surface area contributed by atoms with Crippen molar-refractivity contribution in [1.29, 1.82) is 0 Å². The Morgan fingerprint density at radius 3 is 2.88 bits per heavy atom. The van der Waals surface area contributed by atoms with E-state index >= 15 is 0 Å². The van der Waals surface area contributed by atoms with E-state index < -0.39 is 0 Å². The van der Waals surface area contributed by atoms with Crippen molar-refractivity contribution in [3.63, 3.8) is 0 Å². The maximum atomic E-state index is 5.99. The van der Waals surface area contributed by atoms with Crippen LogP contribution in [0.1, 0.15) is 44.2 Å². The minimum atomic E-state index is 0.413. The first-order chi connectivity index (χ1) is 8.20. The van der Waals surface area contributed by atoms with Crippen LogP contribution in [-0.4, -0.2) is 17.5 Å². The van der Waals surface area contributed by atoms with Gasteiger partial charge in [0.25, 0.3) is 0 Å². The molecule has 1 aromatic heterocycles. The molecule has 1 aliphatic rings. The maximum Gasteiger partial charge on any atom is 0.0931 e. The minimum absolute atomic E-state index is 0.413. The Balaban J connectivity index is 1.94. The lowest BCUT2D eigenvalue weighted by molar-refractivity contribution is 0.357. The van der Waals surface area contributed by atoms with Gasteiger partial charge in [-0.2, -0.15) is 11.8 Å². The molecular weight excluding hydrogens is 270 g/mol. The van der Waals surface area contributed by atoms with E-state index in [2.05, 4.69) is 29.9 Å². The van der Waals surface area contributed by atoms with Crippen LogP contribution >= 0.6 is 34.7 Å². The highest BCUT2D eigenvalue weighted by molar-refractivity contribution is 7.99. The van der Waals surface area contributed by atoms with Crippen LogP contribution in [0.4, 0.5) is 0 Å². The number of nitrogens with one attached hydrogen (secondary N) is 1. The van der Waals surface area contributed by atoms with Gasteiger partial charge in [0.2, 0.25) is 0 Å². The molecule has 1 heterocycles. The molecule has 3 unspecified atom stereocenters. The van der Waals surface area contributed by atoms with Gasteiger partial charge in [0.05, 0.1) is 4.34 Å². The van der Waals surface area contributed by atoms with E-state index in [9.17, 15) is 0 Å². The molecule has 0 saturated heterocycles. The zero-order valence-corrected chi connectivity index (χ0v) is 12.8. The van der Waals surface area contributed by atoms with Crippen LogP contribution < -0.4 is 5.32 Å². The zero-order chi connectivity index (χ0) is 12.3. The highest BCUT2D eigenvalue weighted by atomic mass is 35.5. The number of hydrogen-bond acceptors (Lipinski definition) is 3. The summed E-state index contributed by atoms with van der Waals surface area (Å²) < 4.78 is 0.888. The summed E-state index contributed by atoms with van der Waals surface area (Å²) in [4.78, 5) is 0. The van der Waals surface area contributed by atoms with Crippen LogP contribution in [0.5, 0.6) is 0 Å². The second-order valence-corrected chi connectivity index (χ2v) is 7.36. The normalized spacial score (nSPS) is 27.0. The van der Waals surface area contributed by atoms with E-state index in [4.69, 9.17) is 11.6 Å². The lowest BCUT2D eigenvalue weighted by atomic mass is 9.94. The predicted octanol–water partition coefficient (Wildman–Crippen LogP) is 4.73. The maximum absolute atomic E-state index is 5.99. The molecule has 1 N–H and O–H groups in total. The number of rotatable bonds is 4. The molecule has 17 heavy (non-hydrogen) atoms. The standard InChI is InChI=1S/C13H20ClNS2/c1-9(10-7-13(14)17-8-10)15-11-5-3-4-6-12(11)16-2/h7-9,11-12,15H,3-6H2,1-2H3. The second kappa shape index (κ2) is 6.46. The van der Waals surface area contributed by atoms with Crippen molar-refractivity contribution in [2.24, 2.45) is 0 Å². The van der Waals surface area contributed by atoms with E-state index in [-0.39, 0.29) is 0 Å². The molecule has 1 fully saturated rings. The number of hydrogen-bond donors (Lipinski definition) is 1. The molecule has 0 aromatic carbocycles. The minimum Gasteiger partial charge on any atom is -0.306 e. The van der Waals surface area contributed by atoms with Crippen molar-refractivity contribution >= 4 is 34.7 Å². The summed E-state index contributed by atoms with van der Waals surface area (Å²) in [5.74, 6) is 0. The Kier molecular flexibility index (Phi) is 5.22. The summed E-state index contributed by atoms with van der Waals surface area (Å²) in [6.07, 6.45) is 7.66. The number of halogens is 1. The Morgan fingerprint density at radius 1 is 1.47 bits per heavy atom. The number of thioether (sulfide) groups is 1. The molecule has 0 amide bonds. The number of thiophene rings is 1. The molecule has 0 aliphatic heterocycles. The molecule has 0 spiro atoms. The van der Waals surface area contributed by atoms with Gasteiger partial charge >= 0.3 is 0 Å². The fraction of sp³-hybridized carbons (Fsp3) is 0.692. The first-order valence-electron chi connectivity index (χ1n) is 6.23. The topological polar surface area (TPSA) is 12.0 Å². The summed E-state index contributed by atoms with van der Waals surface area (Å²) in [6, 6.07) is 3.16. The molecule has 1 aromatic rings. The average molecular weight is 290 g/mol. The molecular formula is C13H20ClNS2. The summed E-state index contributed by atoms with van der Waals surface area (Å²) in [5, 5.41) is 6.72. The van der Waals surface area contributed by atoms with E-state index in [1.807, 2.05) is 11.8 Å². The Labute approximate surface area is 117 Å². The molecule has 3 atom stereocenters. The molecule has 1 nitrogen and oxygen atoms in total. The van der Waals surface area contributed by atoms with Crippen LogP contribution in [-0.2, 0) is 0 Å². The first kappa shape index (κ1) is 13.7. The van der Waals surface area contributed by atoms with Gasteiger partial charge < -0.3 is 5.32 Å². The van der Waals surface area contributed by atoms with Crippen molar-refractivity contribution in [3.8, 4) is 0 Å². The van der Waals surface area contributed by atoms with Gasteiger partial charge in [0.1, 0.15) is 0 Å². The van der Waals surface area contributed by atoms with Crippen molar-refractivity contribution in [2.75, 3.05) is 6.26 Å². The lowest BCUT2D eigenvalue weighted by Crippen LogP contribution is -2.41. The summed E-state index contributed by atoms with van der Waals surface area (Å²) >= 11 is 9.62. The first-order valence-corrected chi connectivity index (χ1v) is 8.78. The van der Waals surface area contributed by atoms with Crippen LogP contribution in [0.25, 0.3) is 0 Å². The smallest absolute Gasteiger partial charge is 0.0931 e. The van der Waals surface area contributed by atoms with Crippen LogP contribution in [0, 0.1) is 0 Å². The van der Waals surface area contributed by atoms with Crippen molar-refractivity contribution in [1.82, 2.24) is 5.32 Å². The molecule has 0 radical (unpaired) electrons. The fourth-order valence-electron chi connectivity index (χ4n) is 2.54. The van der Waals surface area contributed by atoms with Crippen LogP contribution in [0.15, 0.2) is 11.4 Å². The van der Waals surface area contributed by atoms with E-state index in [1.165, 1.54) is 31.2 Å². The molecule has 2 rings (SSSR count). The van der Waals surface area contributed by atoms with Gasteiger partial charge in [-0.25, -0.2) is 0 Å². The third-order valence-electron chi connectivity index (χ3n) is 3.56. The van der Waals surface area contributed by atoms with Gasteiger partial charge in [-0.3, -0.25) is 0 Å². The van der Waals surface area contributed by atoms with E-state index in [0.717, 1.165) is 9.59 Å². The molecule has 1 saturated carbocycles. The van der Waals surface area contributed by atoms with Crippen molar-refractivity contribution in [3.05, 3.63) is 21.3 Å². The SMILES string of the molecule is CSC1CCCCC1NC(C)c1csc(Cl)c1. The summed E-state index contributed by atoms with van der Waals surface area (Å²) in [6.45, 7) is 2.24. The van der Waals surface area contributed by atoms with Gasteiger partial charge in [-0.1, -0.05) is 24.4 Å². The quantitative estimate of drug-likeness (QED) is 0.860. The fourth-order valence-corrected chi connectivity index (χ4v) is 4.47. The predicted molar refractivity (Wildman–Crippen MR) is 80.4 cm³/mol. The van der Waals surface area contributed by atoms with Gasteiger partial charge in [-0.15, -0.1) is 11.3 Å². The Bertz CT molecular complexity index is 353.